The Bertz CT molecular complexity index is 788. The van der Waals surface area contributed by atoms with E-state index in [1.54, 1.807) is 7.11 Å². The van der Waals surface area contributed by atoms with E-state index in [1.807, 2.05) is 23.6 Å². The van der Waals surface area contributed by atoms with Gasteiger partial charge in [-0.25, -0.2) is 0 Å². The minimum Gasteiger partial charge on any atom is -0.497 e. The van der Waals surface area contributed by atoms with Crippen molar-refractivity contribution < 1.29 is 23.7 Å². The van der Waals surface area contributed by atoms with Gasteiger partial charge in [0.25, 0.3) is 5.91 Å². The predicted molar refractivity (Wildman–Crippen MR) is 93.3 cm³/mol. The number of amides is 1. The van der Waals surface area contributed by atoms with Crippen LogP contribution >= 0.6 is 11.3 Å². The Kier molecular flexibility index (Phi) is 4.40. The highest BCUT2D eigenvalue weighted by Crippen LogP contribution is 2.39. The number of methoxy groups -OCH3 is 1. The van der Waals surface area contributed by atoms with Crippen LogP contribution in [0.5, 0.6) is 23.0 Å². The number of carbonyl (C=O) groups is 1. The normalized spacial score (nSPS) is 18.0. The van der Waals surface area contributed by atoms with Crippen molar-refractivity contribution in [3.63, 3.8) is 0 Å². The fourth-order valence-electron chi connectivity index (χ4n) is 3.01. The summed E-state index contributed by atoms with van der Waals surface area (Å²) < 4.78 is 22.1. The molecular weight excluding hydrogens is 342 g/mol. The first kappa shape index (κ1) is 16.1. The summed E-state index contributed by atoms with van der Waals surface area (Å²) in [5.41, 5.74) is 1.14. The lowest BCUT2D eigenvalue weighted by Gasteiger charge is -2.25. The Balaban J connectivity index is 1.37. The molecule has 6 nitrogen and oxygen atoms in total. The molecule has 0 fully saturated rings. The molecule has 1 atom stereocenters. The van der Waals surface area contributed by atoms with E-state index in [0.29, 0.717) is 42.7 Å². The maximum absolute atomic E-state index is 12.5. The van der Waals surface area contributed by atoms with E-state index in [4.69, 9.17) is 18.9 Å². The molecule has 0 unspecified atom stereocenters. The van der Waals surface area contributed by atoms with Crippen LogP contribution < -0.4 is 24.3 Å². The molecule has 1 amide bonds. The first-order valence-corrected chi connectivity index (χ1v) is 9.07. The first-order chi connectivity index (χ1) is 12.2. The Morgan fingerprint density at radius 3 is 3.04 bits per heavy atom. The second-order valence-electron chi connectivity index (χ2n) is 6.02. The second-order valence-corrected chi connectivity index (χ2v) is 6.90. The van der Waals surface area contributed by atoms with Gasteiger partial charge in [-0.05, 0) is 18.1 Å². The monoisotopic (exact) mass is 361 g/mol. The molecule has 2 aromatic rings. The molecule has 25 heavy (non-hydrogen) atoms. The van der Waals surface area contributed by atoms with E-state index in [0.717, 1.165) is 23.5 Å². The van der Waals surface area contributed by atoms with Crippen LogP contribution in [0, 0.1) is 5.92 Å². The van der Waals surface area contributed by atoms with Crippen molar-refractivity contribution in [1.82, 2.24) is 5.32 Å². The standard InChI is InChI=1S/C18H19NO5S/c1-21-13-3-2-12-6-11(9-24-14(12)7-13)8-19-18(20)17-16-15(10-25-17)22-4-5-23-16/h2-3,7,10-11H,4-6,8-9H2,1H3,(H,19,20)/t11-/m0/s1. The fourth-order valence-corrected chi connectivity index (χ4v) is 3.86. The summed E-state index contributed by atoms with van der Waals surface area (Å²) in [6, 6.07) is 5.85. The van der Waals surface area contributed by atoms with Crippen LogP contribution in [0.3, 0.4) is 0 Å². The number of benzene rings is 1. The zero-order valence-electron chi connectivity index (χ0n) is 13.9. The molecule has 132 valence electrons. The first-order valence-electron chi connectivity index (χ1n) is 8.19. The van der Waals surface area contributed by atoms with Crippen LogP contribution in [0.1, 0.15) is 15.2 Å². The van der Waals surface area contributed by atoms with E-state index < -0.39 is 0 Å². The van der Waals surface area contributed by atoms with E-state index in [9.17, 15) is 4.79 Å². The molecule has 0 aliphatic carbocycles. The average Bonchev–Trinajstić information content (AvgIpc) is 3.09. The van der Waals surface area contributed by atoms with Crippen LogP contribution in [0.25, 0.3) is 0 Å². The maximum atomic E-state index is 12.5. The minimum atomic E-state index is -0.128. The van der Waals surface area contributed by atoms with E-state index >= 15 is 0 Å². The molecule has 1 aromatic heterocycles. The van der Waals surface area contributed by atoms with Gasteiger partial charge in [-0.3, -0.25) is 4.79 Å². The second kappa shape index (κ2) is 6.84. The lowest BCUT2D eigenvalue weighted by Crippen LogP contribution is -2.34. The van der Waals surface area contributed by atoms with Crippen molar-refractivity contribution in [3.05, 3.63) is 34.0 Å². The van der Waals surface area contributed by atoms with Crippen molar-refractivity contribution in [2.75, 3.05) is 33.5 Å². The number of hydrogen-bond acceptors (Lipinski definition) is 6. The van der Waals surface area contributed by atoms with Gasteiger partial charge in [0, 0.05) is 23.9 Å². The summed E-state index contributed by atoms with van der Waals surface area (Å²) in [4.78, 5) is 13.0. The number of nitrogens with one attached hydrogen (secondary N) is 1. The van der Waals surface area contributed by atoms with Crippen molar-refractivity contribution in [2.24, 2.45) is 5.92 Å². The van der Waals surface area contributed by atoms with Gasteiger partial charge in [-0.2, -0.15) is 0 Å². The number of carbonyl (C=O) groups excluding carboxylic acids is 1. The highest BCUT2D eigenvalue weighted by Gasteiger charge is 2.25. The van der Waals surface area contributed by atoms with Crippen molar-refractivity contribution in [1.29, 1.82) is 0 Å². The minimum absolute atomic E-state index is 0.128. The van der Waals surface area contributed by atoms with Gasteiger partial charge in [0.05, 0.1) is 13.7 Å². The van der Waals surface area contributed by atoms with Crippen molar-refractivity contribution in [2.45, 2.75) is 6.42 Å². The number of fused-ring (bicyclic) bond motifs is 2. The summed E-state index contributed by atoms with van der Waals surface area (Å²) in [6.45, 7) is 2.12. The SMILES string of the molecule is COc1ccc2c(c1)OC[C@H](CNC(=O)c1scc3c1OCCO3)C2. The van der Waals surface area contributed by atoms with Crippen LogP contribution in [0.2, 0.25) is 0 Å². The van der Waals surface area contributed by atoms with Crippen LogP contribution in [0.15, 0.2) is 23.6 Å². The van der Waals surface area contributed by atoms with Crippen molar-refractivity contribution in [3.8, 4) is 23.0 Å². The van der Waals surface area contributed by atoms with Gasteiger partial charge >= 0.3 is 0 Å². The van der Waals surface area contributed by atoms with Crippen LogP contribution in [-0.4, -0.2) is 39.4 Å². The molecule has 7 heteroatoms. The number of thiophene rings is 1. The molecule has 0 saturated carbocycles. The topological polar surface area (TPSA) is 66.0 Å². The molecule has 2 aliphatic rings. The van der Waals surface area contributed by atoms with Gasteiger partial charge < -0.3 is 24.3 Å². The highest BCUT2D eigenvalue weighted by atomic mass is 32.1. The zero-order valence-corrected chi connectivity index (χ0v) is 14.7. The molecule has 0 radical (unpaired) electrons. The van der Waals surface area contributed by atoms with E-state index in [2.05, 4.69) is 5.32 Å². The maximum Gasteiger partial charge on any atom is 0.265 e. The Labute approximate surface area is 149 Å². The molecule has 0 bridgehead atoms. The Hall–Kier alpha value is -2.41. The number of hydrogen-bond donors (Lipinski definition) is 1. The molecule has 0 saturated heterocycles. The molecule has 4 rings (SSSR count). The highest BCUT2D eigenvalue weighted by molar-refractivity contribution is 7.12. The third-order valence-corrected chi connectivity index (χ3v) is 5.25. The summed E-state index contributed by atoms with van der Waals surface area (Å²) >= 11 is 1.35. The summed E-state index contributed by atoms with van der Waals surface area (Å²) in [5.74, 6) is 2.97. The smallest absolute Gasteiger partial charge is 0.265 e. The predicted octanol–water partition coefficient (Wildman–Crippen LogP) is 2.51. The van der Waals surface area contributed by atoms with Crippen LogP contribution in [-0.2, 0) is 6.42 Å². The quantitative estimate of drug-likeness (QED) is 0.906. The third kappa shape index (κ3) is 3.24. The van der Waals surface area contributed by atoms with E-state index in [1.165, 1.54) is 11.3 Å². The van der Waals surface area contributed by atoms with Gasteiger partial charge in [0.2, 0.25) is 0 Å². The third-order valence-electron chi connectivity index (χ3n) is 4.32. The summed E-state index contributed by atoms with van der Waals surface area (Å²) in [5, 5.41) is 4.81. The van der Waals surface area contributed by atoms with E-state index in [-0.39, 0.29) is 11.8 Å². The molecule has 1 aromatic carbocycles. The van der Waals surface area contributed by atoms with Gasteiger partial charge in [-0.1, -0.05) is 6.07 Å². The number of rotatable bonds is 4. The molecular formula is C18H19NO5S. The van der Waals surface area contributed by atoms with Crippen LogP contribution in [0.4, 0.5) is 0 Å². The average molecular weight is 361 g/mol. The Morgan fingerprint density at radius 2 is 2.16 bits per heavy atom. The summed E-state index contributed by atoms with van der Waals surface area (Å²) in [6.07, 6.45) is 0.863. The van der Waals surface area contributed by atoms with Gasteiger partial charge in [-0.15, -0.1) is 11.3 Å². The van der Waals surface area contributed by atoms with Gasteiger partial charge in [0.1, 0.15) is 29.6 Å². The van der Waals surface area contributed by atoms with Crippen molar-refractivity contribution >= 4 is 17.2 Å². The molecule has 0 spiro atoms. The Morgan fingerprint density at radius 1 is 1.28 bits per heavy atom. The number of ether oxygens (including phenoxy) is 4. The fraction of sp³-hybridized carbons (Fsp3) is 0.389. The lowest BCUT2D eigenvalue weighted by atomic mass is 9.96. The van der Waals surface area contributed by atoms with Gasteiger partial charge in [0.15, 0.2) is 11.5 Å². The summed E-state index contributed by atoms with van der Waals surface area (Å²) in [7, 11) is 1.64. The molecule has 1 N–H and O–H groups in total. The molecule has 3 heterocycles. The molecule has 2 aliphatic heterocycles. The largest absolute Gasteiger partial charge is 0.497 e. The lowest BCUT2D eigenvalue weighted by molar-refractivity contribution is 0.0934. The zero-order chi connectivity index (χ0) is 17.2.